The van der Waals surface area contributed by atoms with Crippen LogP contribution in [0, 0.1) is 0 Å². The van der Waals surface area contributed by atoms with Crippen molar-refractivity contribution in [2.24, 2.45) is 0 Å². The fraction of sp³-hybridized carbons (Fsp3) is 0.143. The lowest BCUT2D eigenvalue weighted by Crippen LogP contribution is -1.93. The average molecular weight is 441 g/mol. The zero-order chi connectivity index (χ0) is 14.9. The second-order valence-electron chi connectivity index (χ2n) is 4.16. The van der Waals surface area contributed by atoms with Crippen molar-refractivity contribution in [1.29, 1.82) is 0 Å². The molecule has 106 valence electrons. The van der Waals surface area contributed by atoms with Gasteiger partial charge in [-0.2, -0.15) is 0 Å². The van der Waals surface area contributed by atoms with E-state index >= 15 is 0 Å². The number of ether oxygens (including phenoxy) is 1. The van der Waals surface area contributed by atoms with Crippen LogP contribution in [-0.2, 0) is 0 Å². The largest absolute Gasteiger partial charge is 0.455 e. The molecule has 20 heavy (non-hydrogen) atoms. The molecule has 1 N–H and O–H groups in total. The summed E-state index contributed by atoms with van der Waals surface area (Å²) < 4.78 is 7.18. The third kappa shape index (κ3) is 3.68. The van der Waals surface area contributed by atoms with Crippen LogP contribution in [0.5, 0.6) is 11.5 Å². The van der Waals surface area contributed by atoms with Gasteiger partial charge in [-0.3, -0.25) is 0 Å². The van der Waals surface area contributed by atoms with Gasteiger partial charge >= 0.3 is 0 Å². The molecule has 2 aromatic carbocycles. The standard InChI is InChI=1S/C14H10Br2Cl2O2/c1-7(19)8-2-3-13(10(16)4-8)20-14-6-11(17)9(15)5-12(14)18/h2-7,19H,1H3/t7-/m0/s1. The average Bonchev–Trinajstić information content (AvgIpc) is 2.37. The Balaban J connectivity index is 2.33. The van der Waals surface area contributed by atoms with E-state index in [9.17, 15) is 5.11 Å². The SMILES string of the molecule is C[C@H](O)c1ccc(Oc2cc(Cl)c(Br)cc2Cl)c(Br)c1. The van der Waals surface area contributed by atoms with Gasteiger partial charge in [0.2, 0.25) is 0 Å². The third-order valence-corrected chi connectivity index (χ3v) is 4.75. The van der Waals surface area contributed by atoms with Crippen molar-refractivity contribution in [2.45, 2.75) is 13.0 Å². The van der Waals surface area contributed by atoms with Gasteiger partial charge in [-0.15, -0.1) is 0 Å². The van der Waals surface area contributed by atoms with E-state index in [1.807, 2.05) is 0 Å². The summed E-state index contributed by atoms with van der Waals surface area (Å²) in [7, 11) is 0. The Labute approximate surface area is 143 Å². The van der Waals surface area contributed by atoms with E-state index < -0.39 is 6.10 Å². The zero-order valence-electron chi connectivity index (χ0n) is 10.3. The Morgan fingerprint density at radius 2 is 1.70 bits per heavy atom. The first kappa shape index (κ1) is 16.1. The van der Waals surface area contributed by atoms with Gasteiger partial charge in [-0.05, 0) is 62.5 Å². The second-order valence-corrected chi connectivity index (χ2v) is 6.69. The molecule has 0 saturated carbocycles. The Morgan fingerprint density at radius 1 is 1.00 bits per heavy atom. The van der Waals surface area contributed by atoms with E-state index in [0.29, 0.717) is 26.0 Å². The number of aliphatic hydroxyl groups is 1. The van der Waals surface area contributed by atoms with Crippen LogP contribution in [0.3, 0.4) is 0 Å². The molecule has 0 aliphatic heterocycles. The van der Waals surface area contributed by atoms with Crippen LogP contribution in [0.15, 0.2) is 39.3 Å². The summed E-state index contributed by atoms with van der Waals surface area (Å²) >= 11 is 18.9. The van der Waals surface area contributed by atoms with Crippen LogP contribution in [-0.4, -0.2) is 5.11 Å². The lowest BCUT2D eigenvalue weighted by Gasteiger charge is -2.12. The van der Waals surface area contributed by atoms with Crippen molar-refractivity contribution in [2.75, 3.05) is 0 Å². The monoisotopic (exact) mass is 438 g/mol. The highest BCUT2D eigenvalue weighted by Gasteiger charge is 2.11. The van der Waals surface area contributed by atoms with Crippen molar-refractivity contribution in [3.8, 4) is 11.5 Å². The highest BCUT2D eigenvalue weighted by Crippen LogP contribution is 2.39. The summed E-state index contributed by atoms with van der Waals surface area (Å²) in [4.78, 5) is 0. The summed E-state index contributed by atoms with van der Waals surface area (Å²) in [6.07, 6.45) is -0.536. The molecule has 0 unspecified atom stereocenters. The first-order valence-electron chi connectivity index (χ1n) is 5.68. The lowest BCUT2D eigenvalue weighted by molar-refractivity contribution is 0.199. The minimum Gasteiger partial charge on any atom is -0.455 e. The van der Waals surface area contributed by atoms with E-state index in [-0.39, 0.29) is 0 Å². The Kier molecular flexibility index (Phi) is 5.37. The summed E-state index contributed by atoms with van der Waals surface area (Å²) in [5.41, 5.74) is 0.796. The first-order valence-corrected chi connectivity index (χ1v) is 8.02. The Bertz CT molecular complexity index is 645. The molecule has 2 nitrogen and oxygen atoms in total. The van der Waals surface area contributed by atoms with Gasteiger partial charge in [0.25, 0.3) is 0 Å². The molecule has 2 aromatic rings. The van der Waals surface area contributed by atoms with E-state index in [0.717, 1.165) is 10.0 Å². The minimum absolute atomic E-state index is 0.452. The molecule has 2 rings (SSSR count). The predicted octanol–water partition coefficient (Wildman–Crippen LogP) is 6.36. The molecule has 0 saturated heterocycles. The molecule has 0 heterocycles. The van der Waals surface area contributed by atoms with Crippen LogP contribution in [0.25, 0.3) is 0 Å². The number of halogens is 4. The van der Waals surface area contributed by atoms with Crippen LogP contribution in [0.4, 0.5) is 0 Å². The minimum atomic E-state index is -0.536. The van der Waals surface area contributed by atoms with Crippen LogP contribution >= 0.6 is 55.1 Å². The summed E-state index contributed by atoms with van der Waals surface area (Å²) in [6.45, 7) is 1.70. The van der Waals surface area contributed by atoms with Gasteiger partial charge in [0, 0.05) is 10.5 Å². The molecular weight excluding hydrogens is 431 g/mol. The number of hydrogen-bond acceptors (Lipinski definition) is 2. The number of rotatable bonds is 3. The van der Waals surface area contributed by atoms with Crippen molar-refractivity contribution in [1.82, 2.24) is 0 Å². The molecule has 0 spiro atoms. The summed E-state index contributed by atoms with van der Waals surface area (Å²) in [5.74, 6) is 1.06. The number of aliphatic hydroxyl groups excluding tert-OH is 1. The maximum absolute atomic E-state index is 9.53. The first-order chi connectivity index (χ1) is 9.38. The van der Waals surface area contributed by atoms with Gasteiger partial charge in [-0.1, -0.05) is 29.3 Å². The Morgan fingerprint density at radius 3 is 2.30 bits per heavy atom. The van der Waals surface area contributed by atoms with E-state index in [1.54, 1.807) is 37.3 Å². The Hall–Kier alpha value is -0.260. The second kappa shape index (κ2) is 6.67. The highest BCUT2D eigenvalue weighted by molar-refractivity contribution is 9.10. The molecular formula is C14H10Br2Cl2O2. The van der Waals surface area contributed by atoms with E-state index in [1.165, 1.54) is 0 Å². The maximum atomic E-state index is 9.53. The molecule has 0 radical (unpaired) electrons. The van der Waals surface area contributed by atoms with Crippen molar-refractivity contribution in [3.63, 3.8) is 0 Å². The molecule has 6 heteroatoms. The van der Waals surface area contributed by atoms with E-state index in [4.69, 9.17) is 27.9 Å². The third-order valence-electron chi connectivity index (χ3n) is 2.63. The highest BCUT2D eigenvalue weighted by atomic mass is 79.9. The van der Waals surface area contributed by atoms with Gasteiger partial charge in [0.1, 0.15) is 11.5 Å². The van der Waals surface area contributed by atoms with Crippen LogP contribution in [0.1, 0.15) is 18.6 Å². The quantitative estimate of drug-likeness (QED) is 0.562. The maximum Gasteiger partial charge on any atom is 0.147 e. The molecule has 0 amide bonds. The molecule has 0 aliphatic rings. The van der Waals surface area contributed by atoms with E-state index in [2.05, 4.69) is 31.9 Å². The smallest absolute Gasteiger partial charge is 0.147 e. The van der Waals surface area contributed by atoms with Gasteiger partial charge in [0.05, 0.1) is 20.6 Å². The molecule has 0 bridgehead atoms. The lowest BCUT2D eigenvalue weighted by atomic mass is 10.1. The van der Waals surface area contributed by atoms with Crippen molar-refractivity contribution in [3.05, 3.63) is 54.9 Å². The zero-order valence-corrected chi connectivity index (χ0v) is 15.0. The summed E-state index contributed by atoms with van der Waals surface area (Å²) in [5, 5.41) is 10.5. The fourth-order valence-electron chi connectivity index (χ4n) is 1.56. The topological polar surface area (TPSA) is 29.5 Å². The van der Waals surface area contributed by atoms with Gasteiger partial charge in [0.15, 0.2) is 0 Å². The van der Waals surface area contributed by atoms with Crippen LogP contribution in [0.2, 0.25) is 10.0 Å². The summed E-state index contributed by atoms with van der Waals surface area (Å²) in [6, 6.07) is 8.67. The predicted molar refractivity (Wildman–Crippen MR) is 89.0 cm³/mol. The fourth-order valence-corrected chi connectivity index (χ4v) is 2.87. The van der Waals surface area contributed by atoms with Crippen LogP contribution < -0.4 is 4.74 Å². The van der Waals surface area contributed by atoms with Gasteiger partial charge in [-0.25, -0.2) is 0 Å². The number of benzene rings is 2. The van der Waals surface area contributed by atoms with Gasteiger partial charge < -0.3 is 9.84 Å². The number of hydrogen-bond donors (Lipinski definition) is 1. The molecule has 1 atom stereocenters. The molecule has 0 fully saturated rings. The van der Waals surface area contributed by atoms with Crippen molar-refractivity contribution >= 4 is 55.1 Å². The normalized spacial score (nSPS) is 12.3. The van der Waals surface area contributed by atoms with Crippen molar-refractivity contribution < 1.29 is 9.84 Å². The molecule has 0 aromatic heterocycles. The molecule has 0 aliphatic carbocycles.